The fourth-order valence-corrected chi connectivity index (χ4v) is 1.28. The first-order valence-electron chi connectivity index (χ1n) is 5.79. The van der Waals surface area contributed by atoms with E-state index in [4.69, 9.17) is 15.0 Å². The highest BCUT2D eigenvalue weighted by atomic mass is 17.2. The van der Waals surface area contributed by atoms with E-state index in [1.54, 1.807) is 0 Å². The average molecular weight is 233 g/mol. The Morgan fingerprint density at radius 1 is 1.24 bits per heavy atom. The molecule has 0 aliphatic heterocycles. The molecule has 0 saturated carbocycles. The van der Waals surface area contributed by atoms with Crippen molar-refractivity contribution in [2.45, 2.75) is 45.3 Å². The van der Waals surface area contributed by atoms with Gasteiger partial charge in [-0.05, 0) is 39.2 Å². The molecule has 0 aliphatic rings. The quantitative estimate of drug-likeness (QED) is 0.579. The van der Waals surface area contributed by atoms with Crippen molar-refractivity contribution in [1.29, 1.82) is 5.26 Å². The summed E-state index contributed by atoms with van der Waals surface area (Å²) in [7, 11) is 0. The van der Waals surface area contributed by atoms with Crippen molar-refractivity contribution >= 4 is 0 Å². The van der Waals surface area contributed by atoms with Gasteiger partial charge in [0, 0.05) is 0 Å². The number of nitriles is 1. The molecular weight excluding hydrogens is 214 g/mol. The van der Waals surface area contributed by atoms with Crippen molar-refractivity contribution in [3.8, 4) is 6.07 Å². The third-order valence-corrected chi connectivity index (χ3v) is 2.10. The maximum Gasteiger partial charge on any atom is 0.179 e. The van der Waals surface area contributed by atoms with E-state index in [9.17, 15) is 0 Å². The highest BCUT2D eigenvalue weighted by molar-refractivity contribution is 5.15. The molecule has 0 spiro atoms. The van der Waals surface area contributed by atoms with Crippen molar-refractivity contribution in [2.75, 3.05) is 0 Å². The van der Waals surface area contributed by atoms with Gasteiger partial charge in [-0.3, -0.25) is 0 Å². The van der Waals surface area contributed by atoms with Crippen LogP contribution in [0.2, 0.25) is 0 Å². The first-order chi connectivity index (χ1) is 8.01. The minimum absolute atomic E-state index is 0.387. The molecule has 1 unspecified atom stereocenters. The van der Waals surface area contributed by atoms with Gasteiger partial charge in [0.05, 0.1) is 11.7 Å². The standard InChI is InChI=1S/C14H19NO2/c1-14(2,3)17-16-13(11-15)10-9-12-7-5-4-6-8-12/h4-8,13H,9-10H2,1-3H3. The number of aryl methyl sites for hydroxylation is 1. The third kappa shape index (κ3) is 6.06. The molecule has 0 aliphatic carbocycles. The molecule has 0 amide bonds. The van der Waals surface area contributed by atoms with Crippen LogP contribution in [0.4, 0.5) is 0 Å². The fraction of sp³-hybridized carbons (Fsp3) is 0.500. The predicted molar refractivity (Wildman–Crippen MR) is 66.1 cm³/mol. The molecule has 0 radical (unpaired) electrons. The Kier molecular flexibility index (Phi) is 5.14. The summed E-state index contributed by atoms with van der Waals surface area (Å²) in [5, 5.41) is 8.95. The summed E-state index contributed by atoms with van der Waals surface area (Å²) in [6, 6.07) is 12.1. The van der Waals surface area contributed by atoms with Gasteiger partial charge in [-0.15, -0.1) is 0 Å². The van der Waals surface area contributed by atoms with Gasteiger partial charge < -0.3 is 0 Å². The number of hydrogen-bond acceptors (Lipinski definition) is 3. The Balaban J connectivity index is 2.36. The van der Waals surface area contributed by atoms with Gasteiger partial charge in [-0.2, -0.15) is 5.26 Å². The number of nitrogens with zero attached hydrogens (tertiary/aromatic N) is 1. The zero-order chi connectivity index (χ0) is 12.7. The molecule has 17 heavy (non-hydrogen) atoms. The Morgan fingerprint density at radius 3 is 2.41 bits per heavy atom. The van der Waals surface area contributed by atoms with Crippen molar-refractivity contribution < 1.29 is 9.78 Å². The molecule has 1 aromatic carbocycles. The van der Waals surface area contributed by atoms with Crippen LogP contribution < -0.4 is 0 Å². The second kappa shape index (κ2) is 6.39. The third-order valence-electron chi connectivity index (χ3n) is 2.10. The molecule has 0 heterocycles. The molecule has 3 nitrogen and oxygen atoms in total. The van der Waals surface area contributed by atoms with Crippen LogP contribution in [0.5, 0.6) is 0 Å². The van der Waals surface area contributed by atoms with E-state index in [0.717, 1.165) is 6.42 Å². The van der Waals surface area contributed by atoms with E-state index < -0.39 is 6.10 Å². The van der Waals surface area contributed by atoms with E-state index in [1.165, 1.54) is 5.56 Å². The maximum absolute atomic E-state index is 8.95. The maximum atomic E-state index is 8.95. The lowest BCUT2D eigenvalue weighted by Gasteiger charge is -2.19. The summed E-state index contributed by atoms with van der Waals surface area (Å²) in [5.74, 6) is 0. The van der Waals surface area contributed by atoms with Gasteiger partial charge in [-0.1, -0.05) is 30.3 Å². The Labute approximate surface area is 103 Å². The van der Waals surface area contributed by atoms with Gasteiger partial charge >= 0.3 is 0 Å². The first kappa shape index (κ1) is 13.7. The summed E-state index contributed by atoms with van der Waals surface area (Å²) in [4.78, 5) is 10.3. The molecule has 0 bridgehead atoms. The monoisotopic (exact) mass is 233 g/mol. The molecule has 0 fully saturated rings. The minimum Gasteiger partial charge on any atom is -0.230 e. The van der Waals surface area contributed by atoms with E-state index in [2.05, 4.69) is 6.07 Å². The second-order valence-corrected chi connectivity index (χ2v) is 4.93. The van der Waals surface area contributed by atoms with E-state index in [0.29, 0.717) is 6.42 Å². The largest absolute Gasteiger partial charge is 0.230 e. The highest BCUT2D eigenvalue weighted by Gasteiger charge is 2.16. The summed E-state index contributed by atoms with van der Waals surface area (Å²) >= 11 is 0. The number of rotatable bonds is 5. The molecule has 1 atom stereocenters. The van der Waals surface area contributed by atoms with Gasteiger partial charge in [-0.25, -0.2) is 9.78 Å². The Morgan fingerprint density at radius 2 is 1.88 bits per heavy atom. The zero-order valence-corrected chi connectivity index (χ0v) is 10.6. The van der Waals surface area contributed by atoms with Crippen LogP contribution >= 0.6 is 0 Å². The first-order valence-corrected chi connectivity index (χ1v) is 5.79. The molecule has 1 aromatic rings. The normalized spacial score (nSPS) is 13.1. The molecule has 92 valence electrons. The van der Waals surface area contributed by atoms with Crippen molar-refractivity contribution in [3.05, 3.63) is 35.9 Å². The summed E-state index contributed by atoms with van der Waals surface area (Å²) in [6.07, 6.45) is 0.929. The van der Waals surface area contributed by atoms with Crippen molar-refractivity contribution in [2.24, 2.45) is 0 Å². The molecule has 1 rings (SSSR count). The fourth-order valence-electron chi connectivity index (χ4n) is 1.28. The van der Waals surface area contributed by atoms with Crippen LogP contribution in [0.3, 0.4) is 0 Å². The van der Waals surface area contributed by atoms with Crippen LogP contribution in [0.1, 0.15) is 32.8 Å². The number of hydrogen-bond donors (Lipinski definition) is 0. The second-order valence-electron chi connectivity index (χ2n) is 4.93. The van der Waals surface area contributed by atoms with Crippen molar-refractivity contribution in [1.82, 2.24) is 0 Å². The lowest BCUT2D eigenvalue weighted by atomic mass is 10.1. The lowest BCUT2D eigenvalue weighted by Crippen LogP contribution is -2.23. The topological polar surface area (TPSA) is 42.2 Å². The number of benzene rings is 1. The molecule has 0 saturated heterocycles. The summed E-state index contributed by atoms with van der Waals surface area (Å²) < 4.78 is 0. The summed E-state index contributed by atoms with van der Waals surface area (Å²) in [5.41, 5.74) is 0.814. The van der Waals surface area contributed by atoms with Crippen LogP contribution in [0.15, 0.2) is 30.3 Å². The average Bonchev–Trinajstić information content (AvgIpc) is 2.29. The molecular formula is C14H19NO2. The van der Waals surface area contributed by atoms with Gasteiger partial charge in [0.15, 0.2) is 6.10 Å². The van der Waals surface area contributed by atoms with Crippen molar-refractivity contribution in [3.63, 3.8) is 0 Å². The molecule has 0 N–H and O–H groups in total. The predicted octanol–water partition coefficient (Wildman–Crippen LogP) is 3.26. The van der Waals surface area contributed by atoms with E-state index in [-0.39, 0.29) is 5.60 Å². The van der Waals surface area contributed by atoms with Gasteiger partial charge in [0.2, 0.25) is 0 Å². The van der Waals surface area contributed by atoms with E-state index in [1.807, 2.05) is 51.1 Å². The minimum atomic E-state index is -0.519. The Hall–Kier alpha value is -1.37. The van der Waals surface area contributed by atoms with E-state index >= 15 is 0 Å². The zero-order valence-electron chi connectivity index (χ0n) is 10.6. The summed E-state index contributed by atoms with van der Waals surface area (Å²) in [6.45, 7) is 5.66. The smallest absolute Gasteiger partial charge is 0.179 e. The lowest BCUT2D eigenvalue weighted by molar-refractivity contribution is -0.363. The molecule has 3 heteroatoms. The SMILES string of the molecule is CC(C)(C)OOC(C#N)CCc1ccccc1. The molecule has 0 aromatic heterocycles. The highest BCUT2D eigenvalue weighted by Crippen LogP contribution is 2.12. The van der Waals surface area contributed by atoms with Crippen LogP contribution in [0.25, 0.3) is 0 Å². The van der Waals surface area contributed by atoms with Gasteiger partial charge in [0.1, 0.15) is 0 Å². The van der Waals surface area contributed by atoms with Crippen LogP contribution in [0, 0.1) is 11.3 Å². The van der Waals surface area contributed by atoms with Crippen LogP contribution in [-0.2, 0) is 16.2 Å². The Bertz CT molecular complexity index is 362. The van der Waals surface area contributed by atoms with Crippen LogP contribution in [-0.4, -0.2) is 11.7 Å². The van der Waals surface area contributed by atoms with Gasteiger partial charge in [0.25, 0.3) is 0 Å².